The molecule has 8 heteroatoms. The van der Waals surface area contributed by atoms with Crippen molar-refractivity contribution in [2.24, 2.45) is 0 Å². The SMILES string of the molecule is COc1ccc(NC(=O)CCCn2c(=O)[nH]c3ccccc3c2=O)cc1Cl. The molecule has 0 unspecified atom stereocenters. The lowest BCUT2D eigenvalue weighted by molar-refractivity contribution is -0.116. The second kappa shape index (κ2) is 8.09. The van der Waals surface area contributed by atoms with Gasteiger partial charge in [-0.3, -0.25) is 14.2 Å². The minimum atomic E-state index is -0.485. The number of carbonyl (C=O) groups excluding carboxylic acids is 1. The van der Waals surface area contributed by atoms with Gasteiger partial charge in [0.1, 0.15) is 5.75 Å². The summed E-state index contributed by atoms with van der Waals surface area (Å²) in [5.41, 5.74) is 0.196. The van der Waals surface area contributed by atoms with Gasteiger partial charge in [-0.1, -0.05) is 23.7 Å². The van der Waals surface area contributed by atoms with Gasteiger partial charge in [0.05, 0.1) is 23.0 Å². The highest BCUT2D eigenvalue weighted by Gasteiger charge is 2.09. The first-order valence-electron chi connectivity index (χ1n) is 8.35. The summed E-state index contributed by atoms with van der Waals surface area (Å²) in [7, 11) is 1.51. The number of amides is 1. The molecule has 0 bridgehead atoms. The number of ether oxygens (including phenoxy) is 1. The molecule has 140 valence electrons. The fraction of sp³-hybridized carbons (Fsp3) is 0.211. The molecule has 1 aromatic heterocycles. The highest BCUT2D eigenvalue weighted by Crippen LogP contribution is 2.27. The number of methoxy groups -OCH3 is 1. The first-order chi connectivity index (χ1) is 13.0. The van der Waals surface area contributed by atoms with E-state index >= 15 is 0 Å². The smallest absolute Gasteiger partial charge is 0.328 e. The average Bonchev–Trinajstić information content (AvgIpc) is 2.64. The van der Waals surface area contributed by atoms with E-state index in [-0.39, 0.29) is 24.4 Å². The number of aromatic nitrogens is 2. The van der Waals surface area contributed by atoms with Crippen LogP contribution >= 0.6 is 11.6 Å². The van der Waals surface area contributed by atoms with Gasteiger partial charge in [0.25, 0.3) is 5.56 Å². The lowest BCUT2D eigenvalue weighted by Gasteiger charge is -2.09. The van der Waals surface area contributed by atoms with Gasteiger partial charge in [0.15, 0.2) is 0 Å². The van der Waals surface area contributed by atoms with Crippen molar-refractivity contribution < 1.29 is 9.53 Å². The summed E-state index contributed by atoms with van der Waals surface area (Å²) in [6.45, 7) is 0.149. The first-order valence-corrected chi connectivity index (χ1v) is 8.72. The summed E-state index contributed by atoms with van der Waals surface area (Å²) in [6.07, 6.45) is 0.499. The van der Waals surface area contributed by atoms with E-state index in [0.29, 0.717) is 33.8 Å². The third-order valence-electron chi connectivity index (χ3n) is 4.11. The normalized spacial score (nSPS) is 10.7. The minimum Gasteiger partial charge on any atom is -0.495 e. The summed E-state index contributed by atoms with van der Waals surface area (Å²) in [5.74, 6) is 0.283. The van der Waals surface area contributed by atoms with Gasteiger partial charge in [-0.2, -0.15) is 0 Å². The van der Waals surface area contributed by atoms with Crippen molar-refractivity contribution in [3.63, 3.8) is 0 Å². The van der Waals surface area contributed by atoms with Gasteiger partial charge in [-0.05, 0) is 36.8 Å². The Morgan fingerprint density at radius 3 is 2.74 bits per heavy atom. The third kappa shape index (κ3) is 4.20. The molecular weight excluding hydrogens is 370 g/mol. The van der Waals surface area contributed by atoms with E-state index in [0.717, 1.165) is 4.57 Å². The number of fused-ring (bicyclic) bond motifs is 1. The molecule has 2 aromatic carbocycles. The maximum Gasteiger partial charge on any atom is 0.328 e. The lowest BCUT2D eigenvalue weighted by atomic mass is 10.2. The zero-order chi connectivity index (χ0) is 19.4. The Hall–Kier alpha value is -3.06. The van der Waals surface area contributed by atoms with Crippen molar-refractivity contribution in [3.05, 3.63) is 68.3 Å². The Labute approximate surface area is 159 Å². The molecule has 2 N–H and O–H groups in total. The average molecular weight is 388 g/mol. The highest BCUT2D eigenvalue weighted by molar-refractivity contribution is 6.32. The predicted molar refractivity (Wildman–Crippen MR) is 105 cm³/mol. The second-order valence-electron chi connectivity index (χ2n) is 5.93. The van der Waals surface area contributed by atoms with Gasteiger partial charge in [0.2, 0.25) is 5.91 Å². The zero-order valence-corrected chi connectivity index (χ0v) is 15.4. The largest absolute Gasteiger partial charge is 0.495 e. The number of benzene rings is 2. The van der Waals surface area contributed by atoms with E-state index in [9.17, 15) is 14.4 Å². The molecule has 0 fully saturated rings. The summed E-state index contributed by atoms with van der Waals surface area (Å²) in [4.78, 5) is 39.3. The quantitative estimate of drug-likeness (QED) is 0.680. The van der Waals surface area contributed by atoms with E-state index < -0.39 is 5.69 Å². The van der Waals surface area contributed by atoms with Crippen LogP contribution in [0.4, 0.5) is 5.69 Å². The van der Waals surface area contributed by atoms with Gasteiger partial charge >= 0.3 is 5.69 Å². The molecular formula is C19H18ClN3O4. The van der Waals surface area contributed by atoms with Crippen molar-refractivity contribution in [1.82, 2.24) is 9.55 Å². The number of carbonyl (C=O) groups is 1. The molecule has 27 heavy (non-hydrogen) atoms. The highest BCUT2D eigenvalue weighted by atomic mass is 35.5. The molecule has 1 heterocycles. The molecule has 3 aromatic rings. The standard InChI is InChI=1S/C19H18ClN3O4/c1-27-16-9-8-12(11-14(16)20)21-17(24)7-4-10-23-18(25)13-5-2-3-6-15(13)22-19(23)26/h2-3,5-6,8-9,11H,4,7,10H2,1H3,(H,21,24)(H,22,26). The van der Waals surface area contributed by atoms with Crippen LogP contribution in [0.25, 0.3) is 10.9 Å². The number of rotatable bonds is 6. The molecule has 0 spiro atoms. The summed E-state index contributed by atoms with van der Waals surface area (Å²) < 4.78 is 6.17. The number of nitrogens with zero attached hydrogens (tertiary/aromatic N) is 1. The third-order valence-corrected chi connectivity index (χ3v) is 4.41. The molecule has 3 rings (SSSR count). The van der Waals surface area contributed by atoms with Crippen LogP contribution in [0.15, 0.2) is 52.1 Å². The number of hydrogen-bond donors (Lipinski definition) is 2. The van der Waals surface area contributed by atoms with E-state index in [1.807, 2.05) is 0 Å². The van der Waals surface area contributed by atoms with Crippen molar-refractivity contribution in [1.29, 1.82) is 0 Å². The van der Waals surface area contributed by atoms with E-state index in [4.69, 9.17) is 16.3 Å². The Kier molecular flexibility index (Phi) is 5.61. The zero-order valence-electron chi connectivity index (χ0n) is 14.6. The van der Waals surface area contributed by atoms with E-state index in [2.05, 4.69) is 10.3 Å². The topological polar surface area (TPSA) is 93.2 Å². The Balaban J connectivity index is 1.64. The number of nitrogens with one attached hydrogen (secondary N) is 2. The van der Waals surface area contributed by atoms with Crippen molar-refractivity contribution in [2.75, 3.05) is 12.4 Å². The van der Waals surface area contributed by atoms with E-state index in [1.54, 1.807) is 42.5 Å². The van der Waals surface area contributed by atoms with Crippen molar-refractivity contribution in [2.45, 2.75) is 19.4 Å². The summed E-state index contributed by atoms with van der Waals surface area (Å²) >= 11 is 6.03. The van der Waals surface area contributed by atoms with Crippen molar-refractivity contribution in [3.8, 4) is 5.75 Å². The predicted octanol–water partition coefficient (Wildman–Crippen LogP) is 2.77. The number of para-hydroxylation sites is 1. The van der Waals surface area contributed by atoms with E-state index in [1.165, 1.54) is 7.11 Å². The Bertz CT molecular complexity index is 1100. The van der Waals surface area contributed by atoms with Crippen LogP contribution in [-0.4, -0.2) is 22.6 Å². The summed E-state index contributed by atoms with van der Waals surface area (Å²) in [6, 6.07) is 11.8. The number of anilines is 1. The molecule has 0 aliphatic carbocycles. The fourth-order valence-corrected chi connectivity index (χ4v) is 3.03. The number of H-pyrrole nitrogens is 1. The molecule has 0 radical (unpaired) electrons. The van der Waals surface area contributed by atoms with Gasteiger partial charge in [0, 0.05) is 18.7 Å². The number of hydrogen-bond acceptors (Lipinski definition) is 4. The Morgan fingerprint density at radius 1 is 1.22 bits per heavy atom. The number of aromatic amines is 1. The molecule has 1 amide bonds. The van der Waals surface area contributed by atoms with Crippen LogP contribution in [0.1, 0.15) is 12.8 Å². The molecule has 0 atom stereocenters. The summed E-state index contributed by atoms with van der Waals surface area (Å²) in [5, 5.41) is 3.56. The van der Waals surface area contributed by atoms with Crippen LogP contribution in [-0.2, 0) is 11.3 Å². The molecule has 0 saturated carbocycles. The molecule has 0 aliphatic heterocycles. The van der Waals surface area contributed by atoms with Crippen LogP contribution in [0, 0.1) is 0 Å². The maximum absolute atomic E-state index is 12.4. The molecule has 0 aliphatic rings. The van der Waals surface area contributed by atoms with Crippen LogP contribution in [0.2, 0.25) is 5.02 Å². The maximum atomic E-state index is 12.4. The lowest BCUT2D eigenvalue weighted by Crippen LogP contribution is -2.35. The van der Waals surface area contributed by atoms with Crippen molar-refractivity contribution >= 4 is 34.1 Å². The fourth-order valence-electron chi connectivity index (χ4n) is 2.77. The van der Waals surface area contributed by atoms with Gasteiger partial charge < -0.3 is 15.0 Å². The second-order valence-corrected chi connectivity index (χ2v) is 6.34. The van der Waals surface area contributed by atoms with Crippen LogP contribution in [0.5, 0.6) is 5.75 Å². The number of halogens is 1. The minimum absolute atomic E-state index is 0.149. The molecule has 0 saturated heterocycles. The van der Waals surface area contributed by atoms with Gasteiger partial charge in [-0.25, -0.2) is 4.79 Å². The first kappa shape index (κ1) is 18.7. The molecule has 7 nitrogen and oxygen atoms in total. The van der Waals surface area contributed by atoms with Gasteiger partial charge in [-0.15, -0.1) is 0 Å². The van der Waals surface area contributed by atoms with Crippen LogP contribution < -0.4 is 21.3 Å². The monoisotopic (exact) mass is 387 g/mol. The van der Waals surface area contributed by atoms with Crippen LogP contribution in [0.3, 0.4) is 0 Å². The Morgan fingerprint density at radius 2 is 2.00 bits per heavy atom.